The molecule has 2 rings (SSSR count). The molecule has 1 saturated heterocycles. The van der Waals surface area contributed by atoms with Gasteiger partial charge in [-0.3, -0.25) is 4.99 Å². The van der Waals surface area contributed by atoms with Crippen molar-refractivity contribution in [2.45, 2.75) is 57.9 Å². The molecule has 0 bridgehead atoms. The van der Waals surface area contributed by atoms with Crippen LogP contribution in [0.1, 0.15) is 51.9 Å². The number of hydrogen-bond acceptors (Lipinski definition) is 2. The Balaban J connectivity index is 0.00000220. The number of nitrogens with zero attached hydrogens (tertiary/aromatic N) is 2. The summed E-state index contributed by atoms with van der Waals surface area (Å²) in [6.07, 6.45) is 9.47. The van der Waals surface area contributed by atoms with E-state index >= 15 is 0 Å². The highest BCUT2D eigenvalue weighted by atomic mass is 127. The van der Waals surface area contributed by atoms with Gasteiger partial charge in [-0.25, -0.2) is 0 Å². The van der Waals surface area contributed by atoms with Gasteiger partial charge in [-0.1, -0.05) is 26.2 Å². The Labute approximate surface area is 147 Å². The van der Waals surface area contributed by atoms with Gasteiger partial charge in [0.2, 0.25) is 0 Å². The summed E-state index contributed by atoms with van der Waals surface area (Å²) in [5.41, 5.74) is 0. The molecule has 1 saturated carbocycles. The third-order valence-electron chi connectivity index (χ3n) is 4.56. The molecule has 2 fully saturated rings. The molecule has 1 atom stereocenters. The maximum atomic E-state index is 4.37. The number of halogens is 1. The summed E-state index contributed by atoms with van der Waals surface area (Å²) in [5.74, 6) is 1.67. The van der Waals surface area contributed by atoms with Gasteiger partial charge in [0.15, 0.2) is 5.96 Å². The van der Waals surface area contributed by atoms with Gasteiger partial charge >= 0.3 is 0 Å². The first-order chi connectivity index (χ1) is 9.78. The fourth-order valence-corrected chi connectivity index (χ4v) is 3.38. The number of hydrogen-bond donors (Lipinski definition) is 2. The van der Waals surface area contributed by atoms with Crippen molar-refractivity contribution in [3.8, 4) is 0 Å². The van der Waals surface area contributed by atoms with Crippen LogP contribution in [0.3, 0.4) is 0 Å². The molecule has 0 amide bonds. The third kappa shape index (κ3) is 7.17. The van der Waals surface area contributed by atoms with E-state index in [0.29, 0.717) is 12.0 Å². The molecule has 2 aliphatic rings. The van der Waals surface area contributed by atoms with Gasteiger partial charge < -0.3 is 15.5 Å². The lowest BCUT2D eigenvalue weighted by Gasteiger charge is -2.26. The predicted molar refractivity (Wildman–Crippen MR) is 102 cm³/mol. The molecule has 4 nitrogen and oxygen atoms in total. The summed E-state index contributed by atoms with van der Waals surface area (Å²) in [4.78, 5) is 6.95. The molecule has 0 aromatic heterocycles. The van der Waals surface area contributed by atoms with Crippen molar-refractivity contribution in [1.29, 1.82) is 0 Å². The third-order valence-corrected chi connectivity index (χ3v) is 4.56. The molecule has 21 heavy (non-hydrogen) atoms. The normalized spacial score (nSPS) is 22.7. The standard InChI is InChI=1S/C16H32N4.HI/c1-14(13-20-10-6-7-11-20)12-18-16(17-2)19-15-8-4-3-5-9-15;/h14-15H,3-13H2,1-2H3,(H2,17,18,19);1H. The summed E-state index contributed by atoms with van der Waals surface area (Å²) in [5, 5.41) is 7.08. The minimum Gasteiger partial charge on any atom is -0.356 e. The molecule has 1 heterocycles. The van der Waals surface area contributed by atoms with Crippen LogP contribution in [0, 0.1) is 5.92 Å². The zero-order valence-electron chi connectivity index (χ0n) is 13.7. The molecule has 2 N–H and O–H groups in total. The Morgan fingerprint density at radius 3 is 2.43 bits per heavy atom. The largest absolute Gasteiger partial charge is 0.356 e. The lowest BCUT2D eigenvalue weighted by Crippen LogP contribution is -2.46. The molecule has 1 unspecified atom stereocenters. The minimum absolute atomic E-state index is 0. The van der Waals surface area contributed by atoms with E-state index in [4.69, 9.17) is 0 Å². The first-order valence-corrected chi connectivity index (χ1v) is 8.47. The second kappa shape index (κ2) is 10.6. The molecule has 0 aromatic rings. The molecule has 5 heteroatoms. The fraction of sp³-hybridized carbons (Fsp3) is 0.938. The number of guanidine groups is 1. The van der Waals surface area contributed by atoms with Crippen LogP contribution in [0.2, 0.25) is 0 Å². The van der Waals surface area contributed by atoms with Gasteiger partial charge in [0, 0.05) is 26.2 Å². The van der Waals surface area contributed by atoms with Crippen molar-refractivity contribution in [3.63, 3.8) is 0 Å². The summed E-state index contributed by atoms with van der Waals surface area (Å²) < 4.78 is 0. The van der Waals surface area contributed by atoms with E-state index in [1.807, 2.05) is 7.05 Å². The maximum absolute atomic E-state index is 4.37. The smallest absolute Gasteiger partial charge is 0.191 e. The Hall–Kier alpha value is -0.0400. The van der Waals surface area contributed by atoms with Gasteiger partial charge in [-0.05, 0) is 44.7 Å². The van der Waals surface area contributed by atoms with Crippen molar-refractivity contribution < 1.29 is 0 Å². The summed E-state index contributed by atoms with van der Waals surface area (Å²) >= 11 is 0. The molecular weight excluding hydrogens is 375 g/mol. The molecule has 0 spiro atoms. The van der Waals surface area contributed by atoms with Gasteiger partial charge in [-0.2, -0.15) is 0 Å². The van der Waals surface area contributed by atoms with Crippen LogP contribution in [0.4, 0.5) is 0 Å². The Morgan fingerprint density at radius 2 is 1.81 bits per heavy atom. The van der Waals surface area contributed by atoms with E-state index in [1.165, 1.54) is 64.6 Å². The van der Waals surface area contributed by atoms with E-state index < -0.39 is 0 Å². The van der Waals surface area contributed by atoms with Crippen LogP contribution in [-0.4, -0.2) is 50.1 Å². The van der Waals surface area contributed by atoms with E-state index in [-0.39, 0.29) is 24.0 Å². The molecular formula is C16H33IN4. The zero-order chi connectivity index (χ0) is 14.2. The number of aliphatic imine (C=N–C) groups is 1. The average molecular weight is 408 g/mol. The van der Waals surface area contributed by atoms with E-state index in [1.54, 1.807) is 0 Å². The Kier molecular flexibility index (Phi) is 9.64. The van der Waals surface area contributed by atoms with Crippen LogP contribution in [0.25, 0.3) is 0 Å². The Morgan fingerprint density at radius 1 is 1.14 bits per heavy atom. The molecule has 1 aliphatic heterocycles. The predicted octanol–water partition coefficient (Wildman–Crippen LogP) is 2.83. The van der Waals surface area contributed by atoms with Crippen LogP contribution in [-0.2, 0) is 0 Å². The Bertz CT molecular complexity index is 297. The van der Waals surface area contributed by atoms with Crippen LogP contribution < -0.4 is 10.6 Å². The SMILES string of the molecule is CN=C(NCC(C)CN1CCCC1)NC1CCCCC1.I. The highest BCUT2D eigenvalue weighted by Crippen LogP contribution is 2.17. The summed E-state index contributed by atoms with van der Waals surface area (Å²) in [7, 11) is 1.88. The average Bonchev–Trinajstić information content (AvgIpc) is 2.97. The van der Waals surface area contributed by atoms with Crippen LogP contribution in [0.15, 0.2) is 4.99 Å². The fourth-order valence-electron chi connectivity index (χ4n) is 3.38. The first-order valence-electron chi connectivity index (χ1n) is 8.47. The van der Waals surface area contributed by atoms with Crippen molar-refractivity contribution in [3.05, 3.63) is 0 Å². The van der Waals surface area contributed by atoms with Gasteiger partial charge in [-0.15, -0.1) is 24.0 Å². The maximum Gasteiger partial charge on any atom is 0.191 e. The van der Waals surface area contributed by atoms with E-state index in [2.05, 4.69) is 27.4 Å². The van der Waals surface area contributed by atoms with Crippen molar-refractivity contribution in [2.75, 3.05) is 33.2 Å². The topological polar surface area (TPSA) is 39.7 Å². The molecule has 124 valence electrons. The molecule has 0 radical (unpaired) electrons. The molecule has 0 aromatic carbocycles. The summed E-state index contributed by atoms with van der Waals surface area (Å²) in [6, 6.07) is 0.629. The number of likely N-dealkylation sites (tertiary alicyclic amines) is 1. The van der Waals surface area contributed by atoms with Crippen LogP contribution in [0.5, 0.6) is 0 Å². The number of rotatable bonds is 5. The van der Waals surface area contributed by atoms with Crippen LogP contribution >= 0.6 is 24.0 Å². The van der Waals surface area contributed by atoms with E-state index in [9.17, 15) is 0 Å². The number of nitrogens with one attached hydrogen (secondary N) is 2. The monoisotopic (exact) mass is 408 g/mol. The van der Waals surface area contributed by atoms with Gasteiger partial charge in [0.05, 0.1) is 0 Å². The van der Waals surface area contributed by atoms with Crippen molar-refractivity contribution in [1.82, 2.24) is 15.5 Å². The zero-order valence-corrected chi connectivity index (χ0v) is 16.1. The highest BCUT2D eigenvalue weighted by molar-refractivity contribution is 14.0. The first kappa shape index (κ1) is 19.0. The highest BCUT2D eigenvalue weighted by Gasteiger charge is 2.16. The minimum atomic E-state index is 0. The lowest BCUT2D eigenvalue weighted by molar-refractivity contribution is 0.287. The summed E-state index contributed by atoms with van der Waals surface area (Å²) in [6.45, 7) is 7.15. The second-order valence-electron chi connectivity index (χ2n) is 6.55. The van der Waals surface area contributed by atoms with E-state index in [0.717, 1.165) is 12.5 Å². The molecule has 1 aliphatic carbocycles. The van der Waals surface area contributed by atoms with Crippen molar-refractivity contribution in [2.24, 2.45) is 10.9 Å². The van der Waals surface area contributed by atoms with Gasteiger partial charge in [0.1, 0.15) is 0 Å². The van der Waals surface area contributed by atoms with Crippen molar-refractivity contribution >= 4 is 29.9 Å². The quantitative estimate of drug-likeness (QED) is 0.418. The lowest BCUT2D eigenvalue weighted by atomic mass is 9.96. The second-order valence-corrected chi connectivity index (χ2v) is 6.55. The van der Waals surface area contributed by atoms with Gasteiger partial charge in [0.25, 0.3) is 0 Å².